The fourth-order valence-electron chi connectivity index (χ4n) is 2.40. The third-order valence-electron chi connectivity index (χ3n) is 3.41. The topological polar surface area (TPSA) is 28.5 Å². The second-order valence-electron chi connectivity index (χ2n) is 5.21. The fourth-order valence-corrected chi connectivity index (χ4v) is 3.35. The summed E-state index contributed by atoms with van der Waals surface area (Å²) in [7, 11) is 0. The predicted octanol–water partition coefficient (Wildman–Crippen LogP) is 3.72. The number of nitrogens with zero attached hydrogens (tertiary/aromatic N) is 3. The third kappa shape index (κ3) is 4.07. The molecule has 0 unspecified atom stereocenters. The number of pyridine rings is 1. The van der Waals surface area contributed by atoms with Gasteiger partial charge in [-0.25, -0.2) is 4.39 Å². The average molecular weight is 315 g/mol. The molecule has 0 atom stereocenters. The Kier molecular flexibility index (Phi) is 5.06. The van der Waals surface area contributed by atoms with E-state index in [-0.39, 0.29) is 5.82 Å². The van der Waals surface area contributed by atoms with E-state index >= 15 is 0 Å². The summed E-state index contributed by atoms with van der Waals surface area (Å²) < 4.78 is 13.4. The maximum Gasteiger partial charge on any atom is 0.159 e. The summed E-state index contributed by atoms with van der Waals surface area (Å²) in [5.41, 5.74) is 2.09. The molecule has 2 aromatic rings. The van der Waals surface area contributed by atoms with Crippen molar-refractivity contribution in [2.24, 2.45) is 4.99 Å². The minimum atomic E-state index is -0.197. The van der Waals surface area contributed by atoms with Crippen molar-refractivity contribution in [3.8, 4) is 0 Å². The number of benzene rings is 1. The molecular weight excluding hydrogens is 297 g/mol. The van der Waals surface area contributed by atoms with Gasteiger partial charge < -0.3 is 4.90 Å². The number of amidine groups is 1. The van der Waals surface area contributed by atoms with E-state index in [0.29, 0.717) is 6.54 Å². The number of aromatic nitrogens is 1. The van der Waals surface area contributed by atoms with E-state index in [4.69, 9.17) is 0 Å². The van der Waals surface area contributed by atoms with E-state index in [1.54, 1.807) is 30.1 Å². The van der Waals surface area contributed by atoms with Crippen molar-refractivity contribution >= 4 is 16.9 Å². The Labute approximate surface area is 134 Å². The number of aliphatic imine (C=N–C) groups is 1. The van der Waals surface area contributed by atoms with Gasteiger partial charge in [-0.05, 0) is 35.7 Å². The van der Waals surface area contributed by atoms with E-state index in [9.17, 15) is 4.39 Å². The van der Waals surface area contributed by atoms with Crippen molar-refractivity contribution in [1.29, 1.82) is 0 Å². The van der Waals surface area contributed by atoms with Crippen LogP contribution in [0.1, 0.15) is 17.5 Å². The second-order valence-corrected chi connectivity index (χ2v) is 6.28. The maximum atomic E-state index is 13.4. The quantitative estimate of drug-likeness (QED) is 0.861. The molecule has 1 aromatic heterocycles. The highest BCUT2D eigenvalue weighted by molar-refractivity contribution is 8.13. The van der Waals surface area contributed by atoms with Gasteiger partial charge in [0.25, 0.3) is 0 Å². The Hall–Kier alpha value is -1.88. The largest absolute Gasteiger partial charge is 0.343 e. The van der Waals surface area contributed by atoms with E-state index in [2.05, 4.69) is 20.9 Å². The van der Waals surface area contributed by atoms with Crippen LogP contribution in [0.25, 0.3) is 0 Å². The molecule has 0 spiro atoms. The zero-order chi connectivity index (χ0) is 15.2. The molecule has 0 saturated heterocycles. The minimum absolute atomic E-state index is 0.197. The monoisotopic (exact) mass is 315 g/mol. The van der Waals surface area contributed by atoms with Crippen molar-refractivity contribution in [1.82, 2.24) is 9.88 Å². The van der Waals surface area contributed by atoms with Crippen LogP contribution in [0.15, 0.2) is 53.8 Å². The van der Waals surface area contributed by atoms with Crippen LogP contribution in [0.4, 0.5) is 4.39 Å². The third-order valence-corrected chi connectivity index (χ3v) is 4.55. The number of thioether (sulfide) groups is 1. The Bertz CT molecular complexity index is 645. The number of halogens is 1. The Morgan fingerprint density at radius 3 is 2.73 bits per heavy atom. The highest BCUT2D eigenvalue weighted by Crippen LogP contribution is 2.20. The highest BCUT2D eigenvalue weighted by atomic mass is 32.2. The summed E-state index contributed by atoms with van der Waals surface area (Å²) in [4.78, 5) is 11.0. The molecule has 3 rings (SSSR count). The van der Waals surface area contributed by atoms with Crippen LogP contribution in [0.3, 0.4) is 0 Å². The molecule has 114 valence electrons. The standard InChI is InChI=1S/C17H18FN3S/c18-16-6-1-4-14(10-16)12-21(17-20-8-3-9-22-17)13-15-5-2-7-19-11-15/h1-2,4-7,10-11H,3,8-9,12-13H2. The molecule has 22 heavy (non-hydrogen) atoms. The molecule has 0 bridgehead atoms. The van der Waals surface area contributed by atoms with E-state index in [1.807, 2.05) is 18.3 Å². The van der Waals surface area contributed by atoms with Gasteiger partial charge in [-0.1, -0.05) is 30.0 Å². The first-order chi connectivity index (χ1) is 10.8. The van der Waals surface area contributed by atoms with E-state index in [0.717, 1.165) is 41.6 Å². The SMILES string of the molecule is Fc1cccc(CN(Cc2cccnc2)C2=NCCCS2)c1. The lowest BCUT2D eigenvalue weighted by Gasteiger charge is -2.27. The van der Waals surface area contributed by atoms with Gasteiger partial charge in [-0.3, -0.25) is 9.98 Å². The van der Waals surface area contributed by atoms with Gasteiger partial charge in [0.2, 0.25) is 0 Å². The smallest absolute Gasteiger partial charge is 0.159 e. The lowest BCUT2D eigenvalue weighted by molar-refractivity contribution is 0.411. The lowest BCUT2D eigenvalue weighted by Crippen LogP contribution is -2.30. The molecule has 1 aromatic carbocycles. The van der Waals surface area contributed by atoms with Crippen LogP contribution in [0.5, 0.6) is 0 Å². The Balaban J connectivity index is 1.80. The predicted molar refractivity (Wildman–Crippen MR) is 89.3 cm³/mol. The Morgan fingerprint density at radius 2 is 2.00 bits per heavy atom. The van der Waals surface area contributed by atoms with Gasteiger partial charge >= 0.3 is 0 Å². The zero-order valence-electron chi connectivity index (χ0n) is 12.3. The van der Waals surface area contributed by atoms with Gasteiger partial charge in [0.15, 0.2) is 5.17 Å². The van der Waals surface area contributed by atoms with Crippen LogP contribution >= 0.6 is 11.8 Å². The number of hydrogen-bond donors (Lipinski definition) is 0. The van der Waals surface area contributed by atoms with Crippen LogP contribution in [0.2, 0.25) is 0 Å². The fraction of sp³-hybridized carbons (Fsp3) is 0.294. The molecule has 2 heterocycles. The average Bonchev–Trinajstić information content (AvgIpc) is 2.56. The highest BCUT2D eigenvalue weighted by Gasteiger charge is 2.16. The number of rotatable bonds is 4. The van der Waals surface area contributed by atoms with Crippen LogP contribution in [-0.4, -0.2) is 27.3 Å². The molecule has 3 nitrogen and oxygen atoms in total. The first kappa shape index (κ1) is 15.0. The Morgan fingerprint density at radius 1 is 1.14 bits per heavy atom. The summed E-state index contributed by atoms with van der Waals surface area (Å²) in [5, 5.41) is 1.04. The summed E-state index contributed by atoms with van der Waals surface area (Å²) >= 11 is 1.78. The number of hydrogen-bond acceptors (Lipinski definition) is 4. The van der Waals surface area contributed by atoms with E-state index in [1.165, 1.54) is 6.07 Å². The van der Waals surface area contributed by atoms with E-state index < -0.39 is 0 Å². The van der Waals surface area contributed by atoms with Crippen molar-refractivity contribution in [3.63, 3.8) is 0 Å². The molecule has 0 saturated carbocycles. The van der Waals surface area contributed by atoms with Crippen molar-refractivity contribution in [2.45, 2.75) is 19.5 Å². The van der Waals surface area contributed by atoms with Gasteiger partial charge in [0, 0.05) is 37.8 Å². The molecule has 0 amide bonds. The first-order valence-corrected chi connectivity index (χ1v) is 8.35. The second kappa shape index (κ2) is 7.40. The normalized spacial score (nSPS) is 14.5. The van der Waals surface area contributed by atoms with Gasteiger partial charge in [-0.2, -0.15) is 0 Å². The molecule has 1 aliphatic heterocycles. The molecular formula is C17H18FN3S. The molecule has 5 heteroatoms. The van der Waals surface area contributed by atoms with Crippen molar-refractivity contribution in [3.05, 3.63) is 65.7 Å². The molecule has 0 radical (unpaired) electrons. The molecule has 0 aliphatic carbocycles. The van der Waals surface area contributed by atoms with Gasteiger partial charge in [-0.15, -0.1) is 0 Å². The maximum absolute atomic E-state index is 13.4. The summed E-state index contributed by atoms with van der Waals surface area (Å²) in [5.74, 6) is 0.892. The van der Waals surface area contributed by atoms with Gasteiger partial charge in [0.05, 0.1) is 0 Å². The molecule has 0 N–H and O–H groups in total. The van der Waals surface area contributed by atoms with Crippen LogP contribution in [-0.2, 0) is 13.1 Å². The first-order valence-electron chi connectivity index (χ1n) is 7.37. The zero-order valence-corrected chi connectivity index (χ0v) is 13.1. The summed E-state index contributed by atoms with van der Waals surface area (Å²) in [6.45, 7) is 2.25. The molecule has 1 aliphatic rings. The van der Waals surface area contributed by atoms with Crippen LogP contribution in [0, 0.1) is 5.82 Å². The lowest BCUT2D eigenvalue weighted by atomic mass is 10.2. The van der Waals surface area contributed by atoms with Crippen LogP contribution < -0.4 is 0 Å². The molecule has 0 fully saturated rings. The minimum Gasteiger partial charge on any atom is -0.343 e. The summed E-state index contributed by atoms with van der Waals surface area (Å²) in [6.07, 6.45) is 4.76. The van der Waals surface area contributed by atoms with Crippen molar-refractivity contribution in [2.75, 3.05) is 12.3 Å². The summed E-state index contributed by atoms with van der Waals surface area (Å²) in [6, 6.07) is 10.8. The van der Waals surface area contributed by atoms with Crippen molar-refractivity contribution < 1.29 is 4.39 Å². The van der Waals surface area contributed by atoms with Gasteiger partial charge in [0.1, 0.15) is 5.82 Å².